The minimum absolute atomic E-state index is 0.0911. The highest BCUT2D eigenvalue weighted by Crippen LogP contribution is 2.30. The number of hydrogen-bond donors (Lipinski definition) is 1. The van der Waals surface area contributed by atoms with Crippen molar-refractivity contribution >= 4 is 17.7 Å². The summed E-state index contributed by atoms with van der Waals surface area (Å²) in [5.74, 6) is 1.33. The number of carbonyl (C=O) groups excluding carboxylic acids is 1. The second-order valence-electron chi connectivity index (χ2n) is 5.67. The molecule has 110 valence electrons. The monoisotopic (exact) mass is 293 g/mol. The molecule has 0 spiro atoms. The van der Waals surface area contributed by atoms with Crippen LogP contribution in [0.4, 0.5) is 0 Å². The van der Waals surface area contributed by atoms with Gasteiger partial charge in [0.05, 0.1) is 5.25 Å². The molecular weight excluding hydrogens is 270 g/mol. The fourth-order valence-corrected chi connectivity index (χ4v) is 3.38. The first-order valence-corrected chi connectivity index (χ1v) is 8.20. The van der Waals surface area contributed by atoms with Gasteiger partial charge in [0.1, 0.15) is 0 Å². The molecule has 1 fully saturated rings. The SMILES string of the molecule is CC(Sc1ncccn1)C(=O)NC1CCCC(C)C1C. The van der Waals surface area contributed by atoms with Gasteiger partial charge in [0.15, 0.2) is 5.16 Å². The lowest BCUT2D eigenvalue weighted by molar-refractivity contribution is -0.121. The van der Waals surface area contributed by atoms with E-state index in [-0.39, 0.29) is 11.2 Å². The molecule has 1 aliphatic carbocycles. The van der Waals surface area contributed by atoms with Crippen LogP contribution in [0.15, 0.2) is 23.6 Å². The fourth-order valence-electron chi connectivity index (χ4n) is 2.64. The molecule has 1 aromatic rings. The smallest absolute Gasteiger partial charge is 0.233 e. The van der Waals surface area contributed by atoms with Crippen molar-refractivity contribution < 1.29 is 4.79 Å². The van der Waals surface area contributed by atoms with Crippen molar-refractivity contribution in [3.8, 4) is 0 Å². The van der Waals surface area contributed by atoms with Gasteiger partial charge in [0.25, 0.3) is 0 Å². The third kappa shape index (κ3) is 3.95. The lowest BCUT2D eigenvalue weighted by Crippen LogP contribution is -2.46. The predicted molar refractivity (Wildman–Crippen MR) is 81.5 cm³/mol. The van der Waals surface area contributed by atoms with E-state index in [1.165, 1.54) is 24.6 Å². The van der Waals surface area contributed by atoms with Crippen molar-refractivity contribution in [1.82, 2.24) is 15.3 Å². The summed E-state index contributed by atoms with van der Waals surface area (Å²) in [5.41, 5.74) is 0. The summed E-state index contributed by atoms with van der Waals surface area (Å²) < 4.78 is 0. The van der Waals surface area contributed by atoms with Gasteiger partial charge in [0, 0.05) is 18.4 Å². The molecule has 1 aromatic heterocycles. The predicted octanol–water partition coefficient (Wildman–Crippen LogP) is 2.90. The van der Waals surface area contributed by atoms with E-state index in [9.17, 15) is 4.79 Å². The number of amides is 1. The van der Waals surface area contributed by atoms with E-state index < -0.39 is 0 Å². The first-order chi connectivity index (χ1) is 9.58. The third-order valence-corrected chi connectivity index (χ3v) is 5.22. The number of rotatable bonds is 4. The van der Waals surface area contributed by atoms with E-state index in [0.717, 1.165) is 6.42 Å². The molecule has 1 heterocycles. The van der Waals surface area contributed by atoms with Gasteiger partial charge in [-0.1, -0.05) is 38.5 Å². The van der Waals surface area contributed by atoms with Crippen LogP contribution in [0.3, 0.4) is 0 Å². The quantitative estimate of drug-likeness (QED) is 0.685. The number of hydrogen-bond acceptors (Lipinski definition) is 4. The number of nitrogens with one attached hydrogen (secondary N) is 1. The topological polar surface area (TPSA) is 54.9 Å². The molecule has 1 N–H and O–H groups in total. The molecule has 0 saturated heterocycles. The summed E-state index contributed by atoms with van der Waals surface area (Å²) in [4.78, 5) is 20.6. The zero-order valence-electron chi connectivity index (χ0n) is 12.4. The van der Waals surface area contributed by atoms with Crippen LogP contribution in [-0.4, -0.2) is 27.2 Å². The van der Waals surface area contributed by atoms with E-state index in [2.05, 4.69) is 29.1 Å². The van der Waals surface area contributed by atoms with Crippen LogP contribution in [0, 0.1) is 11.8 Å². The van der Waals surface area contributed by atoms with Crippen LogP contribution in [0.1, 0.15) is 40.0 Å². The maximum absolute atomic E-state index is 12.3. The minimum Gasteiger partial charge on any atom is -0.352 e. The van der Waals surface area contributed by atoms with Crippen LogP contribution in [0.2, 0.25) is 0 Å². The van der Waals surface area contributed by atoms with E-state index in [1.807, 2.05) is 6.92 Å². The molecule has 0 radical (unpaired) electrons. The standard InChI is InChI=1S/C15H23N3OS/c1-10-6-4-7-13(11(10)2)18-14(19)12(3)20-15-16-8-5-9-17-15/h5,8-13H,4,6-7H2,1-3H3,(H,18,19). The molecular formula is C15H23N3OS. The maximum atomic E-state index is 12.3. The van der Waals surface area contributed by atoms with Crippen molar-refractivity contribution in [3.63, 3.8) is 0 Å². The van der Waals surface area contributed by atoms with E-state index in [0.29, 0.717) is 23.0 Å². The molecule has 20 heavy (non-hydrogen) atoms. The highest BCUT2D eigenvalue weighted by atomic mass is 32.2. The summed E-state index contributed by atoms with van der Waals surface area (Å²) in [5, 5.41) is 3.69. The minimum atomic E-state index is -0.165. The Morgan fingerprint density at radius 2 is 2.05 bits per heavy atom. The molecule has 4 unspecified atom stereocenters. The molecule has 5 heteroatoms. The van der Waals surface area contributed by atoms with Gasteiger partial charge in [-0.2, -0.15) is 0 Å². The van der Waals surface area contributed by atoms with Gasteiger partial charge >= 0.3 is 0 Å². The van der Waals surface area contributed by atoms with Crippen molar-refractivity contribution in [3.05, 3.63) is 18.5 Å². The van der Waals surface area contributed by atoms with Crippen molar-refractivity contribution in [2.24, 2.45) is 11.8 Å². The largest absolute Gasteiger partial charge is 0.352 e. The van der Waals surface area contributed by atoms with Crippen LogP contribution >= 0.6 is 11.8 Å². The third-order valence-electron chi connectivity index (χ3n) is 4.23. The molecule has 2 rings (SSSR count). The Morgan fingerprint density at radius 3 is 2.75 bits per heavy atom. The molecule has 1 saturated carbocycles. The Hall–Kier alpha value is -1.10. The second-order valence-corrected chi connectivity index (χ2v) is 6.98. The molecule has 0 aromatic carbocycles. The average Bonchev–Trinajstić information content (AvgIpc) is 2.45. The number of carbonyl (C=O) groups is 1. The number of nitrogens with zero attached hydrogens (tertiary/aromatic N) is 2. The Morgan fingerprint density at radius 1 is 1.35 bits per heavy atom. The zero-order valence-corrected chi connectivity index (χ0v) is 13.2. The Kier molecular flexibility index (Phi) is 5.40. The normalized spacial score (nSPS) is 27.9. The number of thioether (sulfide) groups is 1. The maximum Gasteiger partial charge on any atom is 0.233 e. The van der Waals surface area contributed by atoms with Crippen LogP contribution in [0.5, 0.6) is 0 Å². The van der Waals surface area contributed by atoms with E-state index >= 15 is 0 Å². The van der Waals surface area contributed by atoms with E-state index in [1.54, 1.807) is 18.5 Å². The van der Waals surface area contributed by atoms with Gasteiger partial charge in [-0.05, 0) is 31.2 Å². The zero-order chi connectivity index (χ0) is 14.5. The summed E-state index contributed by atoms with van der Waals surface area (Å²) >= 11 is 1.41. The van der Waals surface area contributed by atoms with Gasteiger partial charge in [-0.25, -0.2) is 9.97 Å². The van der Waals surface area contributed by atoms with Crippen LogP contribution in [0.25, 0.3) is 0 Å². The Bertz CT molecular complexity index is 440. The van der Waals surface area contributed by atoms with Gasteiger partial charge < -0.3 is 5.32 Å². The summed E-state index contributed by atoms with van der Waals surface area (Å²) in [7, 11) is 0. The number of aromatic nitrogens is 2. The first-order valence-electron chi connectivity index (χ1n) is 7.32. The molecule has 1 amide bonds. The summed E-state index contributed by atoms with van der Waals surface area (Å²) in [6.07, 6.45) is 6.97. The summed E-state index contributed by atoms with van der Waals surface area (Å²) in [6, 6.07) is 2.09. The van der Waals surface area contributed by atoms with E-state index in [4.69, 9.17) is 0 Å². The van der Waals surface area contributed by atoms with Crippen molar-refractivity contribution in [2.75, 3.05) is 0 Å². The van der Waals surface area contributed by atoms with Crippen LogP contribution in [-0.2, 0) is 4.79 Å². The highest BCUT2D eigenvalue weighted by molar-refractivity contribution is 8.00. The second kappa shape index (κ2) is 7.07. The van der Waals surface area contributed by atoms with Crippen molar-refractivity contribution in [2.45, 2.75) is 56.5 Å². The van der Waals surface area contributed by atoms with Gasteiger partial charge in [-0.3, -0.25) is 4.79 Å². The lowest BCUT2D eigenvalue weighted by atomic mass is 9.78. The van der Waals surface area contributed by atoms with Gasteiger partial charge in [-0.15, -0.1) is 0 Å². The fraction of sp³-hybridized carbons (Fsp3) is 0.667. The van der Waals surface area contributed by atoms with Crippen molar-refractivity contribution in [1.29, 1.82) is 0 Å². The molecule has 4 nitrogen and oxygen atoms in total. The molecule has 1 aliphatic rings. The highest BCUT2D eigenvalue weighted by Gasteiger charge is 2.29. The lowest BCUT2D eigenvalue weighted by Gasteiger charge is -2.35. The first kappa shape index (κ1) is 15.3. The Labute approximate surface area is 125 Å². The average molecular weight is 293 g/mol. The Balaban J connectivity index is 1.87. The van der Waals surface area contributed by atoms with Gasteiger partial charge in [0.2, 0.25) is 5.91 Å². The molecule has 0 bridgehead atoms. The molecule has 0 aliphatic heterocycles. The molecule has 4 atom stereocenters. The van der Waals surface area contributed by atoms with Crippen LogP contribution < -0.4 is 5.32 Å². The summed E-state index contributed by atoms with van der Waals surface area (Å²) in [6.45, 7) is 6.43.